The van der Waals surface area contributed by atoms with Gasteiger partial charge in [-0.2, -0.15) is 0 Å². The fraction of sp³-hybridized carbons (Fsp3) is 0.526. The van der Waals surface area contributed by atoms with Crippen LogP contribution in [-0.2, 0) is 18.3 Å². The van der Waals surface area contributed by atoms with Crippen molar-refractivity contribution in [3.05, 3.63) is 56.1 Å². The number of carbonyl (C=O) groups excluding carboxylic acids is 1. The first-order valence-corrected chi connectivity index (χ1v) is 11.4. The van der Waals surface area contributed by atoms with Crippen LogP contribution in [0.15, 0.2) is 30.4 Å². The van der Waals surface area contributed by atoms with Gasteiger partial charge in [0.25, 0.3) is 11.4 Å². The highest BCUT2D eigenvalue weighted by molar-refractivity contribution is 7.55. The molecule has 12 heteroatoms. The lowest BCUT2D eigenvalue weighted by Gasteiger charge is -2.39. The maximum atomic E-state index is 13.7. The molecule has 1 aromatic rings. The van der Waals surface area contributed by atoms with E-state index in [1.165, 1.54) is 0 Å². The maximum absolute atomic E-state index is 13.7. The highest BCUT2D eigenvalue weighted by Crippen LogP contribution is 2.70. The Kier molecular flexibility index (Phi) is 6.59. The van der Waals surface area contributed by atoms with Gasteiger partial charge in [-0.1, -0.05) is 12.2 Å². The number of ether oxygens (including phenoxy) is 1. The molecule has 0 N–H and O–H groups in total. The molecule has 2 aliphatic carbocycles. The van der Waals surface area contributed by atoms with Crippen LogP contribution in [0.2, 0.25) is 0 Å². The summed E-state index contributed by atoms with van der Waals surface area (Å²) in [5.41, 5.74) is -1.54. The van der Waals surface area contributed by atoms with E-state index in [1.54, 1.807) is 13.8 Å². The Labute approximate surface area is 178 Å². The number of hydrogen-bond acceptors (Lipinski definition) is 9. The molecule has 1 saturated carbocycles. The minimum atomic E-state index is -3.68. The van der Waals surface area contributed by atoms with E-state index in [-0.39, 0.29) is 37.2 Å². The van der Waals surface area contributed by atoms with Gasteiger partial charge < -0.3 is 13.8 Å². The number of hydrogen-bond donors (Lipinski definition) is 0. The Morgan fingerprint density at radius 2 is 1.68 bits per heavy atom. The maximum Gasteiger partial charge on any atom is 0.340 e. The summed E-state index contributed by atoms with van der Waals surface area (Å²) in [4.78, 5) is 33.2. The van der Waals surface area contributed by atoms with E-state index in [0.29, 0.717) is 6.42 Å². The molecule has 0 aromatic heterocycles. The van der Waals surface area contributed by atoms with Gasteiger partial charge in [-0.05, 0) is 38.5 Å². The molecule has 0 radical (unpaired) electrons. The number of carbonyl (C=O) groups is 1. The smallest absolute Gasteiger partial charge is 0.340 e. The molecule has 0 unspecified atom stereocenters. The van der Waals surface area contributed by atoms with Crippen molar-refractivity contribution in [2.24, 2.45) is 11.8 Å². The molecule has 3 atom stereocenters. The van der Waals surface area contributed by atoms with Crippen LogP contribution in [0.3, 0.4) is 0 Å². The summed E-state index contributed by atoms with van der Waals surface area (Å²) in [6.45, 7) is 3.37. The molecule has 0 heterocycles. The van der Waals surface area contributed by atoms with Crippen molar-refractivity contribution in [3.8, 4) is 0 Å². The lowest BCUT2D eigenvalue weighted by Crippen LogP contribution is -2.41. The second kappa shape index (κ2) is 8.86. The van der Waals surface area contributed by atoms with Crippen LogP contribution < -0.4 is 0 Å². The standard InChI is InChI=1S/C19H23N2O9P/c1-3-29-31(27,30-4-2)19(11-13-5-6-15(19)7-13)12-28-18(22)14-8-16(20(23)24)10-17(9-14)21(25)26/h5-6,8-10,13,15H,3-4,7,11-12H2,1-2H3/t13-,15+,19-/m1/s1. The average molecular weight is 454 g/mol. The van der Waals surface area contributed by atoms with E-state index in [1.807, 2.05) is 12.2 Å². The first-order valence-electron chi connectivity index (χ1n) is 9.84. The summed E-state index contributed by atoms with van der Waals surface area (Å²) in [6, 6.07) is 2.58. The van der Waals surface area contributed by atoms with Crippen molar-refractivity contribution in [2.75, 3.05) is 19.8 Å². The highest BCUT2D eigenvalue weighted by Gasteiger charge is 2.62. The second-order valence-electron chi connectivity index (χ2n) is 7.46. The molecule has 11 nitrogen and oxygen atoms in total. The number of nitro benzene ring substituents is 2. The summed E-state index contributed by atoms with van der Waals surface area (Å²) in [6.07, 6.45) is 5.11. The molecule has 0 saturated heterocycles. The summed E-state index contributed by atoms with van der Waals surface area (Å²) >= 11 is 0. The number of esters is 1. The number of rotatable bonds is 10. The summed E-state index contributed by atoms with van der Waals surface area (Å²) < 4.78 is 30.3. The number of nitrogens with zero attached hydrogens (tertiary/aromatic N) is 2. The summed E-state index contributed by atoms with van der Waals surface area (Å²) in [5.74, 6) is -1.03. The predicted octanol–water partition coefficient (Wildman–Crippen LogP) is 4.26. The topological polar surface area (TPSA) is 148 Å². The van der Waals surface area contributed by atoms with Crippen molar-refractivity contribution in [1.29, 1.82) is 0 Å². The first-order chi connectivity index (χ1) is 14.7. The molecule has 3 rings (SSSR count). The van der Waals surface area contributed by atoms with Crippen LogP contribution in [0.25, 0.3) is 0 Å². The highest BCUT2D eigenvalue weighted by atomic mass is 31.2. The molecule has 2 aliphatic rings. The van der Waals surface area contributed by atoms with Crippen molar-refractivity contribution < 1.29 is 33.0 Å². The van der Waals surface area contributed by atoms with Crippen LogP contribution in [-0.4, -0.2) is 40.8 Å². The van der Waals surface area contributed by atoms with Gasteiger partial charge in [-0.25, -0.2) is 4.79 Å². The van der Waals surface area contributed by atoms with E-state index >= 15 is 0 Å². The Hall–Kier alpha value is -2.62. The fourth-order valence-corrected chi connectivity index (χ4v) is 6.87. The van der Waals surface area contributed by atoms with Gasteiger partial charge in [-0.3, -0.25) is 24.8 Å². The third-order valence-corrected chi connectivity index (χ3v) is 8.57. The zero-order chi connectivity index (χ0) is 22.8. The lowest BCUT2D eigenvalue weighted by molar-refractivity contribution is -0.394. The van der Waals surface area contributed by atoms with Gasteiger partial charge in [0.15, 0.2) is 0 Å². The van der Waals surface area contributed by atoms with Crippen LogP contribution in [0.4, 0.5) is 11.4 Å². The molecular formula is C19H23N2O9P. The third-order valence-electron chi connectivity index (χ3n) is 5.63. The van der Waals surface area contributed by atoms with Gasteiger partial charge in [-0.15, -0.1) is 0 Å². The van der Waals surface area contributed by atoms with Crippen LogP contribution in [0.5, 0.6) is 0 Å². The molecule has 168 valence electrons. The van der Waals surface area contributed by atoms with Crippen LogP contribution in [0, 0.1) is 32.1 Å². The van der Waals surface area contributed by atoms with Gasteiger partial charge in [0.05, 0.1) is 34.7 Å². The van der Waals surface area contributed by atoms with E-state index in [0.717, 1.165) is 24.6 Å². The minimum Gasteiger partial charge on any atom is -0.461 e. The van der Waals surface area contributed by atoms with Gasteiger partial charge >= 0.3 is 13.6 Å². The van der Waals surface area contributed by atoms with Crippen LogP contribution in [0.1, 0.15) is 37.0 Å². The number of nitro groups is 2. The van der Waals surface area contributed by atoms with E-state index in [4.69, 9.17) is 13.8 Å². The minimum absolute atomic E-state index is 0.144. The Morgan fingerprint density at radius 3 is 2.10 bits per heavy atom. The monoisotopic (exact) mass is 454 g/mol. The van der Waals surface area contributed by atoms with Crippen LogP contribution >= 0.6 is 7.60 Å². The van der Waals surface area contributed by atoms with Crippen molar-refractivity contribution in [3.63, 3.8) is 0 Å². The largest absolute Gasteiger partial charge is 0.461 e. The number of allylic oxidation sites excluding steroid dienone is 2. The van der Waals surface area contributed by atoms with Gasteiger partial charge in [0.1, 0.15) is 11.8 Å². The summed E-state index contributed by atoms with van der Waals surface area (Å²) in [7, 11) is -3.68. The zero-order valence-electron chi connectivity index (χ0n) is 17.1. The molecule has 0 aliphatic heterocycles. The molecule has 1 aromatic carbocycles. The predicted molar refractivity (Wildman–Crippen MR) is 109 cm³/mol. The Morgan fingerprint density at radius 1 is 1.10 bits per heavy atom. The molecule has 1 fully saturated rings. The number of benzene rings is 1. The normalized spacial score (nSPS) is 24.3. The molecule has 0 spiro atoms. The Bertz CT molecular complexity index is 937. The summed E-state index contributed by atoms with van der Waals surface area (Å²) in [5, 5.41) is 21.1. The zero-order valence-corrected chi connectivity index (χ0v) is 18.0. The van der Waals surface area contributed by atoms with Crippen molar-refractivity contribution in [2.45, 2.75) is 31.8 Å². The van der Waals surface area contributed by atoms with Crippen molar-refractivity contribution in [1.82, 2.24) is 0 Å². The molecule has 31 heavy (non-hydrogen) atoms. The first kappa shape index (κ1) is 23.1. The van der Waals surface area contributed by atoms with Crippen molar-refractivity contribution >= 4 is 24.9 Å². The van der Waals surface area contributed by atoms with E-state index in [9.17, 15) is 29.6 Å². The fourth-order valence-electron chi connectivity index (χ4n) is 4.32. The average Bonchev–Trinajstić information content (AvgIpc) is 3.34. The lowest BCUT2D eigenvalue weighted by atomic mass is 9.93. The second-order valence-corrected chi connectivity index (χ2v) is 9.86. The number of non-ortho nitro benzene ring substituents is 2. The van der Waals surface area contributed by atoms with Gasteiger partial charge in [0.2, 0.25) is 0 Å². The van der Waals surface area contributed by atoms with E-state index < -0.39 is 39.9 Å². The van der Waals surface area contributed by atoms with Gasteiger partial charge in [0, 0.05) is 12.1 Å². The van der Waals surface area contributed by atoms with E-state index in [2.05, 4.69) is 0 Å². The number of fused-ring (bicyclic) bond motifs is 2. The molecular weight excluding hydrogens is 431 g/mol. The molecule has 2 bridgehead atoms. The third kappa shape index (κ3) is 4.26. The molecule has 0 amide bonds. The Balaban J connectivity index is 1.90. The quantitative estimate of drug-likeness (QED) is 0.166. The SMILES string of the molecule is CCOP(=O)(OCC)[C@@]1(COC(=O)c2cc([N+](=O)[O-])cc([N+](=O)[O-])c2)C[C@@H]2C=C[C@H]1C2.